The van der Waals surface area contributed by atoms with Crippen LogP contribution in [0.15, 0.2) is 35.7 Å². The average molecular weight is 336 g/mol. The molecule has 1 fully saturated rings. The van der Waals surface area contributed by atoms with Gasteiger partial charge < -0.3 is 10.2 Å². The summed E-state index contributed by atoms with van der Waals surface area (Å²) < 4.78 is 13.2. The number of rotatable bonds is 2. The summed E-state index contributed by atoms with van der Waals surface area (Å²) in [6.07, 6.45) is 0. The van der Waals surface area contributed by atoms with E-state index < -0.39 is 0 Å². The molecule has 0 radical (unpaired) electrons. The quantitative estimate of drug-likeness (QED) is 0.874. The molecule has 3 rings (SSSR count). The molecule has 1 N–H and O–H groups in total. The van der Waals surface area contributed by atoms with Crippen molar-refractivity contribution >= 4 is 34.8 Å². The first kappa shape index (κ1) is 15.4. The molecule has 1 aromatic heterocycles. The molecule has 0 spiro atoms. The number of carbonyl (C=O) groups excluding carboxylic acids is 1. The number of amides is 2. The summed E-state index contributed by atoms with van der Waals surface area (Å²) in [6.45, 7) is 2.51. The van der Waals surface area contributed by atoms with E-state index in [1.54, 1.807) is 24.3 Å². The predicted octanol–water partition coefficient (Wildman–Crippen LogP) is 4.52. The van der Waals surface area contributed by atoms with Crippen LogP contribution in [-0.4, -0.2) is 29.0 Å². The fourth-order valence-electron chi connectivity index (χ4n) is 2.52. The number of thioether (sulfide) groups is 1. The molecule has 116 valence electrons. The third-order valence-electron chi connectivity index (χ3n) is 3.69. The lowest BCUT2D eigenvalue weighted by molar-refractivity contribution is 0.197. The van der Waals surface area contributed by atoms with Crippen LogP contribution in [0.1, 0.15) is 16.5 Å². The number of benzene rings is 1. The number of nitrogens with zero attached hydrogens (tertiary/aromatic N) is 1. The van der Waals surface area contributed by atoms with Crippen LogP contribution < -0.4 is 5.32 Å². The van der Waals surface area contributed by atoms with Gasteiger partial charge >= 0.3 is 6.03 Å². The van der Waals surface area contributed by atoms with E-state index in [2.05, 4.69) is 11.4 Å². The van der Waals surface area contributed by atoms with Crippen LogP contribution in [0.3, 0.4) is 0 Å². The number of hydrogen-bond acceptors (Lipinski definition) is 3. The molecule has 2 aromatic rings. The van der Waals surface area contributed by atoms with Crippen LogP contribution in [0.5, 0.6) is 0 Å². The van der Waals surface area contributed by atoms with Gasteiger partial charge in [0.15, 0.2) is 0 Å². The number of anilines is 1. The Hall–Kier alpha value is -1.53. The third kappa shape index (κ3) is 3.28. The largest absolute Gasteiger partial charge is 0.322 e. The summed E-state index contributed by atoms with van der Waals surface area (Å²) in [7, 11) is 0. The Labute approximate surface area is 137 Å². The van der Waals surface area contributed by atoms with Crippen molar-refractivity contribution in [2.75, 3.05) is 23.4 Å². The summed E-state index contributed by atoms with van der Waals surface area (Å²) in [5.41, 5.74) is 1.39. The molecule has 1 aliphatic heterocycles. The van der Waals surface area contributed by atoms with Gasteiger partial charge in [0.2, 0.25) is 0 Å². The Morgan fingerprint density at radius 2 is 2.27 bits per heavy atom. The molecule has 0 aliphatic carbocycles. The summed E-state index contributed by atoms with van der Waals surface area (Å²) >= 11 is 3.55. The minimum atomic E-state index is -0.290. The lowest BCUT2D eigenvalue weighted by Crippen LogP contribution is -2.43. The van der Waals surface area contributed by atoms with Gasteiger partial charge in [-0.3, -0.25) is 0 Å². The van der Waals surface area contributed by atoms with Gasteiger partial charge in [0.25, 0.3) is 0 Å². The van der Waals surface area contributed by atoms with Gasteiger partial charge in [-0.15, -0.1) is 11.3 Å². The molecule has 1 aliphatic rings. The zero-order chi connectivity index (χ0) is 15.5. The van der Waals surface area contributed by atoms with Crippen molar-refractivity contribution in [1.29, 1.82) is 0 Å². The monoisotopic (exact) mass is 336 g/mol. The summed E-state index contributed by atoms with van der Waals surface area (Å²) in [5, 5.41) is 4.95. The van der Waals surface area contributed by atoms with E-state index in [0.717, 1.165) is 23.6 Å². The zero-order valence-corrected chi connectivity index (χ0v) is 13.8. The highest BCUT2D eigenvalue weighted by atomic mass is 32.2. The second kappa shape index (κ2) is 6.71. The smallest absolute Gasteiger partial charge is 0.315 e. The van der Waals surface area contributed by atoms with Gasteiger partial charge in [0, 0.05) is 28.6 Å². The number of aryl methyl sites for hydroxylation is 1. The summed E-state index contributed by atoms with van der Waals surface area (Å²) in [6, 6.07) is 8.49. The highest BCUT2D eigenvalue weighted by molar-refractivity contribution is 7.99. The van der Waals surface area contributed by atoms with E-state index in [0.29, 0.717) is 5.69 Å². The maximum atomic E-state index is 13.2. The minimum Gasteiger partial charge on any atom is -0.315 e. The first-order chi connectivity index (χ1) is 10.6. The molecule has 6 heteroatoms. The van der Waals surface area contributed by atoms with E-state index in [-0.39, 0.29) is 17.9 Å². The Morgan fingerprint density at radius 1 is 1.41 bits per heavy atom. The SMILES string of the molecule is Cc1cc(F)ccc1NC(=O)N1CCSC[C@@H]1c1cccs1. The second-order valence-electron chi connectivity index (χ2n) is 5.19. The lowest BCUT2D eigenvalue weighted by Gasteiger charge is -2.35. The highest BCUT2D eigenvalue weighted by Gasteiger charge is 2.29. The highest BCUT2D eigenvalue weighted by Crippen LogP contribution is 2.32. The van der Waals surface area contributed by atoms with Crippen molar-refractivity contribution in [3.63, 3.8) is 0 Å². The van der Waals surface area contributed by atoms with Gasteiger partial charge in [-0.1, -0.05) is 6.07 Å². The van der Waals surface area contributed by atoms with Gasteiger partial charge in [-0.05, 0) is 42.1 Å². The van der Waals surface area contributed by atoms with Crippen molar-refractivity contribution in [3.8, 4) is 0 Å². The lowest BCUT2D eigenvalue weighted by atomic mass is 10.2. The van der Waals surface area contributed by atoms with Gasteiger partial charge in [-0.2, -0.15) is 11.8 Å². The fourth-order valence-corrected chi connectivity index (χ4v) is 4.54. The molecular formula is C16H17FN2OS2. The molecule has 0 bridgehead atoms. The van der Waals surface area contributed by atoms with Crippen molar-refractivity contribution in [3.05, 3.63) is 52.0 Å². The average Bonchev–Trinajstić information content (AvgIpc) is 3.04. The molecule has 1 atom stereocenters. The summed E-state index contributed by atoms with van der Waals surface area (Å²) in [4.78, 5) is 15.7. The number of thiophene rings is 1. The molecule has 2 amide bonds. The van der Waals surface area contributed by atoms with Crippen molar-refractivity contribution in [2.45, 2.75) is 13.0 Å². The van der Waals surface area contributed by atoms with Crippen LogP contribution in [0, 0.1) is 12.7 Å². The van der Waals surface area contributed by atoms with Crippen LogP contribution in [-0.2, 0) is 0 Å². The Bertz CT molecular complexity index is 660. The van der Waals surface area contributed by atoms with Gasteiger partial charge in [0.05, 0.1) is 6.04 Å². The zero-order valence-electron chi connectivity index (χ0n) is 12.2. The van der Waals surface area contributed by atoms with Crippen LogP contribution >= 0.6 is 23.1 Å². The van der Waals surface area contributed by atoms with Crippen LogP contribution in [0.25, 0.3) is 0 Å². The van der Waals surface area contributed by atoms with E-state index in [1.165, 1.54) is 17.0 Å². The molecular weight excluding hydrogens is 319 g/mol. The molecule has 22 heavy (non-hydrogen) atoms. The first-order valence-electron chi connectivity index (χ1n) is 7.10. The number of hydrogen-bond donors (Lipinski definition) is 1. The number of nitrogens with one attached hydrogen (secondary N) is 1. The molecule has 1 saturated heterocycles. The maximum absolute atomic E-state index is 13.2. The summed E-state index contributed by atoms with van der Waals surface area (Å²) in [5.74, 6) is 1.56. The molecule has 3 nitrogen and oxygen atoms in total. The number of carbonyl (C=O) groups is 1. The Morgan fingerprint density at radius 3 is 3.00 bits per heavy atom. The Kier molecular flexibility index (Phi) is 4.69. The van der Waals surface area contributed by atoms with Crippen LogP contribution in [0.2, 0.25) is 0 Å². The third-order valence-corrected chi connectivity index (χ3v) is 5.69. The minimum absolute atomic E-state index is 0.111. The Balaban J connectivity index is 1.77. The van der Waals surface area contributed by atoms with E-state index in [9.17, 15) is 9.18 Å². The van der Waals surface area contributed by atoms with Gasteiger partial charge in [-0.25, -0.2) is 9.18 Å². The topological polar surface area (TPSA) is 32.3 Å². The van der Waals surface area contributed by atoms with Gasteiger partial charge in [0.1, 0.15) is 5.82 Å². The van der Waals surface area contributed by atoms with E-state index >= 15 is 0 Å². The van der Waals surface area contributed by atoms with E-state index in [1.807, 2.05) is 28.1 Å². The second-order valence-corrected chi connectivity index (χ2v) is 7.32. The first-order valence-corrected chi connectivity index (χ1v) is 9.13. The van der Waals surface area contributed by atoms with Crippen LogP contribution in [0.4, 0.5) is 14.9 Å². The van der Waals surface area contributed by atoms with Crippen molar-refractivity contribution in [2.24, 2.45) is 0 Å². The fraction of sp³-hybridized carbons (Fsp3) is 0.312. The number of halogens is 1. The maximum Gasteiger partial charge on any atom is 0.322 e. The van der Waals surface area contributed by atoms with E-state index in [4.69, 9.17) is 0 Å². The molecule has 0 saturated carbocycles. The number of urea groups is 1. The molecule has 1 aromatic carbocycles. The molecule has 0 unspecified atom stereocenters. The van der Waals surface area contributed by atoms with Crippen molar-refractivity contribution in [1.82, 2.24) is 4.90 Å². The van der Waals surface area contributed by atoms with Crippen molar-refractivity contribution < 1.29 is 9.18 Å². The predicted molar refractivity (Wildman–Crippen MR) is 91.2 cm³/mol. The normalized spacial score (nSPS) is 18.3. The standard InChI is InChI=1S/C16H17FN2OS2/c1-11-9-12(17)4-5-13(11)18-16(20)19-6-8-21-10-14(19)15-3-2-7-22-15/h2-5,7,9,14H,6,8,10H2,1H3,(H,18,20)/t14-/m1/s1. The molecule has 2 heterocycles.